The summed E-state index contributed by atoms with van der Waals surface area (Å²) >= 11 is 3.32. The molecule has 0 fully saturated rings. The average Bonchev–Trinajstić information content (AvgIpc) is 3.19. The lowest BCUT2D eigenvalue weighted by atomic mass is 10.2. The summed E-state index contributed by atoms with van der Waals surface area (Å²) in [4.78, 5) is 26.5. The topological polar surface area (TPSA) is 58.1 Å². The zero-order valence-corrected chi connectivity index (χ0v) is 15.6. The first-order chi connectivity index (χ1) is 11.6. The van der Waals surface area contributed by atoms with E-state index in [0.717, 1.165) is 20.9 Å². The highest BCUT2D eigenvalue weighted by Crippen LogP contribution is 2.34. The Hall–Kier alpha value is -1.99. The van der Waals surface area contributed by atoms with Crippen molar-refractivity contribution in [1.82, 2.24) is 15.3 Å². The van der Waals surface area contributed by atoms with E-state index in [-0.39, 0.29) is 5.91 Å². The first-order valence-electron chi connectivity index (χ1n) is 7.84. The fourth-order valence-electron chi connectivity index (χ4n) is 2.57. The average molecular weight is 361 g/mol. The van der Waals surface area contributed by atoms with Crippen LogP contribution in [0.15, 0.2) is 23.8 Å². The van der Waals surface area contributed by atoms with Crippen molar-refractivity contribution in [2.45, 2.75) is 27.3 Å². The maximum Gasteiger partial charge on any atom is 0.239 e. The van der Waals surface area contributed by atoms with E-state index in [9.17, 15) is 4.79 Å². The molecule has 1 N–H and O–H groups in total. The normalized spacial score (nSPS) is 11.0. The van der Waals surface area contributed by atoms with Crippen molar-refractivity contribution >= 4 is 44.6 Å². The van der Waals surface area contributed by atoms with Crippen molar-refractivity contribution in [3.8, 4) is 0 Å². The second kappa shape index (κ2) is 7.27. The van der Waals surface area contributed by atoms with Crippen molar-refractivity contribution in [2.75, 3.05) is 18.0 Å². The van der Waals surface area contributed by atoms with Gasteiger partial charge in [0.25, 0.3) is 0 Å². The zero-order valence-electron chi connectivity index (χ0n) is 14.0. The number of carbonyl (C=O) groups is 1. The van der Waals surface area contributed by atoms with Crippen LogP contribution in [0.3, 0.4) is 0 Å². The van der Waals surface area contributed by atoms with Gasteiger partial charge in [0.2, 0.25) is 5.91 Å². The summed E-state index contributed by atoms with van der Waals surface area (Å²) in [5, 5.41) is 6.05. The molecule has 24 heavy (non-hydrogen) atoms. The molecule has 0 spiro atoms. The predicted octanol–water partition coefficient (Wildman–Crippen LogP) is 3.51. The molecule has 126 valence electrons. The van der Waals surface area contributed by atoms with Crippen molar-refractivity contribution in [1.29, 1.82) is 0 Å². The van der Waals surface area contributed by atoms with Crippen LogP contribution in [0, 0.1) is 13.8 Å². The van der Waals surface area contributed by atoms with Gasteiger partial charge in [0.15, 0.2) is 0 Å². The van der Waals surface area contributed by atoms with Gasteiger partial charge in [-0.25, -0.2) is 9.97 Å². The highest BCUT2D eigenvalue weighted by Gasteiger charge is 2.18. The van der Waals surface area contributed by atoms with Gasteiger partial charge in [-0.1, -0.05) is 6.07 Å². The fourth-order valence-corrected chi connectivity index (χ4v) is 4.20. The molecule has 3 aromatic rings. The van der Waals surface area contributed by atoms with Crippen LogP contribution in [0.1, 0.15) is 22.2 Å². The van der Waals surface area contributed by atoms with E-state index in [1.54, 1.807) is 29.0 Å². The van der Waals surface area contributed by atoms with Gasteiger partial charge in [0, 0.05) is 16.3 Å². The predicted molar refractivity (Wildman–Crippen MR) is 101 cm³/mol. The van der Waals surface area contributed by atoms with Crippen LogP contribution in [0.4, 0.5) is 5.82 Å². The molecule has 3 heterocycles. The number of rotatable bonds is 6. The number of hydrogen-bond acceptors (Lipinski definition) is 6. The molecule has 0 saturated heterocycles. The van der Waals surface area contributed by atoms with E-state index in [1.807, 2.05) is 29.3 Å². The van der Waals surface area contributed by atoms with Crippen LogP contribution in [0.25, 0.3) is 10.2 Å². The Labute approximate surface area is 149 Å². The SMILES string of the molecule is CCN(CC(=O)NCc1cccs1)c1ncnc2sc(C)c(C)c12. The summed E-state index contributed by atoms with van der Waals surface area (Å²) in [6.45, 7) is 7.80. The molecule has 0 bridgehead atoms. The van der Waals surface area contributed by atoms with Crippen molar-refractivity contribution in [3.63, 3.8) is 0 Å². The summed E-state index contributed by atoms with van der Waals surface area (Å²) in [6.07, 6.45) is 1.58. The number of nitrogens with one attached hydrogen (secondary N) is 1. The lowest BCUT2D eigenvalue weighted by molar-refractivity contribution is -0.119. The van der Waals surface area contributed by atoms with Gasteiger partial charge < -0.3 is 10.2 Å². The molecule has 1 amide bonds. The molecule has 0 aromatic carbocycles. The van der Waals surface area contributed by atoms with E-state index in [0.29, 0.717) is 19.6 Å². The quantitative estimate of drug-likeness (QED) is 0.731. The Bertz CT molecular complexity index is 842. The summed E-state index contributed by atoms with van der Waals surface area (Å²) in [6, 6.07) is 4.01. The maximum absolute atomic E-state index is 12.3. The number of amides is 1. The minimum Gasteiger partial charge on any atom is -0.350 e. The van der Waals surface area contributed by atoms with Crippen LogP contribution >= 0.6 is 22.7 Å². The third-order valence-electron chi connectivity index (χ3n) is 4.00. The zero-order chi connectivity index (χ0) is 17.1. The Kier molecular flexibility index (Phi) is 5.11. The van der Waals surface area contributed by atoms with Gasteiger partial charge in [0.1, 0.15) is 17.0 Å². The van der Waals surface area contributed by atoms with Gasteiger partial charge in [-0.3, -0.25) is 4.79 Å². The molecule has 7 heteroatoms. The van der Waals surface area contributed by atoms with Crippen LogP contribution in [0.5, 0.6) is 0 Å². The molecule has 0 aliphatic carbocycles. The monoisotopic (exact) mass is 360 g/mol. The molecular formula is C17H20N4OS2. The number of thiophene rings is 2. The minimum atomic E-state index is 0.00150. The molecule has 0 unspecified atom stereocenters. The lowest BCUT2D eigenvalue weighted by Gasteiger charge is -2.22. The number of nitrogens with zero attached hydrogens (tertiary/aromatic N) is 3. The van der Waals surface area contributed by atoms with Crippen molar-refractivity contribution in [3.05, 3.63) is 39.2 Å². The third-order valence-corrected chi connectivity index (χ3v) is 5.99. The van der Waals surface area contributed by atoms with Gasteiger partial charge in [-0.15, -0.1) is 22.7 Å². The number of carbonyl (C=O) groups excluding carboxylic acids is 1. The summed E-state index contributed by atoms with van der Waals surface area (Å²) < 4.78 is 0. The van der Waals surface area contributed by atoms with E-state index in [1.165, 1.54) is 10.4 Å². The lowest BCUT2D eigenvalue weighted by Crippen LogP contribution is -2.37. The number of anilines is 1. The first-order valence-corrected chi connectivity index (χ1v) is 9.54. The van der Waals surface area contributed by atoms with Crippen LogP contribution < -0.4 is 10.2 Å². The molecule has 0 aliphatic rings. The third kappa shape index (κ3) is 3.42. The molecule has 5 nitrogen and oxygen atoms in total. The molecule has 0 aliphatic heterocycles. The minimum absolute atomic E-state index is 0.00150. The van der Waals surface area contributed by atoms with Crippen LogP contribution in [-0.4, -0.2) is 29.0 Å². The second-order valence-corrected chi connectivity index (χ2v) is 7.77. The Morgan fingerprint density at radius 1 is 1.33 bits per heavy atom. The highest BCUT2D eigenvalue weighted by molar-refractivity contribution is 7.18. The van der Waals surface area contributed by atoms with E-state index in [4.69, 9.17) is 0 Å². The van der Waals surface area contributed by atoms with E-state index < -0.39 is 0 Å². The number of likely N-dealkylation sites (N-methyl/N-ethyl adjacent to an activating group) is 1. The number of aromatic nitrogens is 2. The largest absolute Gasteiger partial charge is 0.350 e. The highest BCUT2D eigenvalue weighted by atomic mass is 32.1. The Morgan fingerprint density at radius 3 is 2.88 bits per heavy atom. The number of fused-ring (bicyclic) bond motifs is 1. The smallest absolute Gasteiger partial charge is 0.239 e. The Balaban J connectivity index is 1.77. The van der Waals surface area contributed by atoms with Gasteiger partial charge in [0.05, 0.1) is 18.5 Å². The number of hydrogen-bond donors (Lipinski definition) is 1. The summed E-state index contributed by atoms with van der Waals surface area (Å²) in [7, 11) is 0. The molecule has 0 radical (unpaired) electrons. The van der Waals surface area contributed by atoms with Gasteiger partial charge >= 0.3 is 0 Å². The fraction of sp³-hybridized carbons (Fsp3) is 0.353. The van der Waals surface area contributed by atoms with Gasteiger partial charge in [-0.2, -0.15) is 0 Å². The van der Waals surface area contributed by atoms with Crippen molar-refractivity contribution in [2.24, 2.45) is 0 Å². The van der Waals surface area contributed by atoms with E-state index in [2.05, 4.69) is 29.1 Å². The van der Waals surface area contributed by atoms with Gasteiger partial charge in [-0.05, 0) is 37.8 Å². The second-order valence-electron chi connectivity index (χ2n) is 5.53. The summed E-state index contributed by atoms with van der Waals surface area (Å²) in [5.74, 6) is 0.845. The number of aryl methyl sites for hydroxylation is 2. The standard InChI is InChI=1S/C17H20N4OS2/c1-4-21(9-14(22)18-8-13-6-5-7-23-13)16-15-11(2)12(3)24-17(15)20-10-19-16/h5-7,10H,4,8-9H2,1-3H3,(H,18,22). The molecule has 3 rings (SSSR count). The molecular weight excluding hydrogens is 340 g/mol. The molecule has 0 atom stereocenters. The summed E-state index contributed by atoms with van der Waals surface area (Å²) in [5.41, 5.74) is 1.20. The van der Waals surface area contributed by atoms with Crippen molar-refractivity contribution < 1.29 is 4.79 Å². The van der Waals surface area contributed by atoms with E-state index >= 15 is 0 Å². The molecule has 3 aromatic heterocycles. The first kappa shape index (κ1) is 16.9. The van der Waals surface area contributed by atoms with Crippen LogP contribution in [-0.2, 0) is 11.3 Å². The maximum atomic E-state index is 12.3. The molecule has 0 saturated carbocycles. The van der Waals surface area contributed by atoms with Crippen LogP contribution in [0.2, 0.25) is 0 Å². The Morgan fingerprint density at radius 2 is 2.17 bits per heavy atom.